The summed E-state index contributed by atoms with van der Waals surface area (Å²) in [5.41, 5.74) is 2.91. The molecule has 2 aliphatic rings. The molecule has 3 aromatic carbocycles. The molecule has 6 heteroatoms. The quantitative estimate of drug-likeness (QED) is 0.574. The highest BCUT2D eigenvalue weighted by molar-refractivity contribution is 6.00. The van der Waals surface area contributed by atoms with Crippen LogP contribution < -0.4 is 10.2 Å². The van der Waals surface area contributed by atoms with Gasteiger partial charge in [0.2, 0.25) is 17.7 Å². The molecule has 0 aliphatic carbocycles. The Labute approximate surface area is 211 Å². The average Bonchev–Trinajstić information content (AvgIpc) is 3.34. The summed E-state index contributed by atoms with van der Waals surface area (Å²) in [6.07, 6.45) is 1.48. The highest BCUT2D eigenvalue weighted by Crippen LogP contribution is 2.29. The van der Waals surface area contributed by atoms with E-state index < -0.39 is 0 Å². The smallest absolute Gasteiger partial charge is 0.228 e. The van der Waals surface area contributed by atoms with E-state index in [1.54, 1.807) is 4.90 Å². The summed E-state index contributed by atoms with van der Waals surface area (Å²) >= 11 is 0. The minimum atomic E-state index is -0.330. The topological polar surface area (TPSA) is 69.7 Å². The molecule has 0 aromatic heterocycles. The summed E-state index contributed by atoms with van der Waals surface area (Å²) in [6, 6.07) is 29.3. The molecule has 1 unspecified atom stereocenters. The molecule has 3 aromatic rings. The minimum Gasteiger partial charge on any atom is -0.345 e. The lowest BCUT2D eigenvalue weighted by molar-refractivity contribution is -0.139. The van der Waals surface area contributed by atoms with Crippen LogP contribution in [0, 0.1) is 11.8 Å². The number of hydrogen-bond acceptors (Lipinski definition) is 3. The number of likely N-dealkylation sites (tertiary alicyclic amines) is 1. The number of hydrogen-bond donors (Lipinski definition) is 1. The summed E-state index contributed by atoms with van der Waals surface area (Å²) in [6.45, 7) is 1.49. The van der Waals surface area contributed by atoms with Crippen molar-refractivity contribution in [3.05, 3.63) is 102 Å². The zero-order chi connectivity index (χ0) is 24.9. The Hall–Kier alpha value is -3.93. The number of piperidine rings is 1. The molecule has 184 valence electrons. The van der Waals surface area contributed by atoms with E-state index in [0.717, 1.165) is 16.8 Å². The summed E-state index contributed by atoms with van der Waals surface area (Å²) in [4.78, 5) is 42.6. The molecule has 1 atom stereocenters. The first-order valence-electron chi connectivity index (χ1n) is 12.6. The third-order valence-electron chi connectivity index (χ3n) is 7.27. The second kappa shape index (κ2) is 10.8. The van der Waals surface area contributed by atoms with Gasteiger partial charge in [0, 0.05) is 37.7 Å². The third-order valence-corrected chi connectivity index (χ3v) is 7.27. The van der Waals surface area contributed by atoms with Crippen molar-refractivity contribution >= 4 is 23.4 Å². The van der Waals surface area contributed by atoms with Gasteiger partial charge >= 0.3 is 0 Å². The molecule has 0 spiro atoms. The molecular weight excluding hydrogens is 450 g/mol. The van der Waals surface area contributed by atoms with Crippen molar-refractivity contribution < 1.29 is 14.4 Å². The van der Waals surface area contributed by atoms with Crippen LogP contribution in [-0.2, 0) is 14.4 Å². The number of benzene rings is 3. The molecule has 0 radical (unpaired) electrons. The summed E-state index contributed by atoms with van der Waals surface area (Å²) in [5, 5.41) is 3.25. The first kappa shape index (κ1) is 23.8. The van der Waals surface area contributed by atoms with Gasteiger partial charge in [-0.3, -0.25) is 14.4 Å². The van der Waals surface area contributed by atoms with Crippen molar-refractivity contribution in [1.29, 1.82) is 0 Å². The molecule has 6 nitrogen and oxygen atoms in total. The second-order valence-electron chi connectivity index (χ2n) is 9.60. The zero-order valence-corrected chi connectivity index (χ0v) is 20.3. The van der Waals surface area contributed by atoms with Gasteiger partial charge in [0.15, 0.2) is 0 Å². The van der Waals surface area contributed by atoms with Crippen LogP contribution in [0.1, 0.15) is 36.4 Å². The predicted molar refractivity (Wildman–Crippen MR) is 139 cm³/mol. The van der Waals surface area contributed by atoms with Crippen LogP contribution in [-0.4, -0.2) is 42.3 Å². The lowest BCUT2D eigenvalue weighted by Gasteiger charge is -2.33. The van der Waals surface area contributed by atoms with Gasteiger partial charge in [-0.05, 0) is 36.1 Å². The van der Waals surface area contributed by atoms with Crippen molar-refractivity contribution in [1.82, 2.24) is 10.2 Å². The molecule has 3 amide bonds. The fourth-order valence-electron chi connectivity index (χ4n) is 5.26. The average molecular weight is 482 g/mol. The first-order chi connectivity index (χ1) is 17.6. The molecular formula is C30H31N3O3. The summed E-state index contributed by atoms with van der Waals surface area (Å²) in [7, 11) is 0. The van der Waals surface area contributed by atoms with Gasteiger partial charge in [0.25, 0.3) is 0 Å². The number of nitrogens with zero attached hydrogens (tertiary/aromatic N) is 2. The second-order valence-corrected chi connectivity index (χ2v) is 9.60. The maximum absolute atomic E-state index is 13.3. The molecule has 2 saturated heterocycles. The highest BCUT2D eigenvalue weighted by Gasteiger charge is 2.38. The summed E-state index contributed by atoms with van der Waals surface area (Å²) in [5.74, 6) is -0.446. The molecule has 2 fully saturated rings. The molecule has 0 saturated carbocycles. The summed E-state index contributed by atoms with van der Waals surface area (Å²) < 4.78 is 0. The van der Waals surface area contributed by atoms with E-state index in [1.165, 1.54) is 0 Å². The first-order valence-corrected chi connectivity index (χ1v) is 12.6. The maximum atomic E-state index is 13.3. The van der Waals surface area contributed by atoms with Crippen LogP contribution in [0.25, 0.3) is 0 Å². The van der Waals surface area contributed by atoms with Crippen molar-refractivity contribution in [2.45, 2.75) is 25.3 Å². The number of anilines is 1. The van der Waals surface area contributed by atoms with Crippen LogP contribution in [0.2, 0.25) is 0 Å². The molecule has 5 rings (SSSR count). The SMILES string of the molecule is O=C(NC(c1ccccc1)c1ccccc1)C1CCN(C(=O)C2CC(=O)N(c3ccccc3)C2)CC1. The van der Waals surface area contributed by atoms with Crippen LogP contribution in [0.4, 0.5) is 5.69 Å². The standard InChI is InChI=1S/C30H31N3O3/c34-27-20-25(21-33(27)26-14-8-3-9-15-26)30(36)32-18-16-24(17-19-32)29(35)31-28(22-10-4-1-5-11-22)23-12-6-2-7-13-23/h1-15,24-25,28H,16-21H2,(H,31,35). The van der Waals surface area contributed by atoms with E-state index in [2.05, 4.69) is 5.32 Å². The van der Waals surface area contributed by atoms with E-state index >= 15 is 0 Å². The van der Waals surface area contributed by atoms with Crippen LogP contribution in [0.15, 0.2) is 91.0 Å². The van der Waals surface area contributed by atoms with E-state index in [9.17, 15) is 14.4 Å². The maximum Gasteiger partial charge on any atom is 0.228 e. The van der Waals surface area contributed by atoms with Gasteiger partial charge in [-0.15, -0.1) is 0 Å². The van der Waals surface area contributed by atoms with Gasteiger partial charge in [-0.1, -0.05) is 78.9 Å². The van der Waals surface area contributed by atoms with Crippen molar-refractivity contribution in [3.63, 3.8) is 0 Å². The lowest BCUT2D eigenvalue weighted by atomic mass is 9.92. The molecule has 1 N–H and O–H groups in total. The van der Waals surface area contributed by atoms with Crippen LogP contribution in [0.3, 0.4) is 0 Å². The normalized spacial score (nSPS) is 18.5. The Balaban J connectivity index is 1.19. The van der Waals surface area contributed by atoms with Gasteiger partial charge < -0.3 is 15.1 Å². The Morgan fingerprint density at radius 1 is 0.750 bits per heavy atom. The number of para-hydroxylation sites is 1. The van der Waals surface area contributed by atoms with Gasteiger partial charge in [0.1, 0.15) is 0 Å². The van der Waals surface area contributed by atoms with Crippen LogP contribution >= 0.6 is 0 Å². The van der Waals surface area contributed by atoms with E-state index in [4.69, 9.17) is 0 Å². The highest BCUT2D eigenvalue weighted by atomic mass is 16.2. The Morgan fingerprint density at radius 2 is 1.28 bits per heavy atom. The molecule has 36 heavy (non-hydrogen) atoms. The predicted octanol–water partition coefficient (Wildman–Crippen LogP) is 4.18. The molecule has 2 heterocycles. The number of amides is 3. The van der Waals surface area contributed by atoms with Crippen molar-refractivity contribution in [2.24, 2.45) is 11.8 Å². The Morgan fingerprint density at radius 3 is 1.83 bits per heavy atom. The fraction of sp³-hybridized carbons (Fsp3) is 0.300. The van der Waals surface area contributed by atoms with Gasteiger partial charge in [0.05, 0.1) is 12.0 Å². The van der Waals surface area contributed by atoms with Crippen LogP contribution in [0.5, 0.6) is 0 Å². The minimum absolute atomic E-state index is 0.0123. The third kappa shape index (κ3) is 5.18. The number of rotatable bonds is 6. The Kier molecular flexibility index (Phi) is 7.12. The zero-order valence-electron chi connectivity index (χ0n) is 20.3. The van der Waals surface area contributed by atoms with E-state index in [0.29, 0.717) is 32.5 Å². The molecule has 2 aliphatic heterocycles. The number of carbonyl (C=O) groups is 3. The van der Waals surface area contributed by atoms with E-state index in [-0.39, 0.29) is 42.0 Å². The monoisotopic (exact) mass is 481 g/mol. The van der Waals surface area contributed by atoms with Crippen molar-refractivity contribution in [2.75, 3.05) is 24.5 Å². The van der Waals surface area contributed by atoms with Gasteiger partial charge in [-0.25, -0.2) is 0 Å². The Bertz CT molecular complexity index is 1150. The van der Waals surface area contributed by atoms with Gasteiger partial charge in [-0.2, -0.15) is 0 Å². The lowest BCUT2D eigenvalue weighted by Crippen LogP contribution is -2.46. The largest absolute Gasteiger partial charge is 0.345 e. The van der Waals surface area contributed by atoms with Crippen molar-refractivity contribution in [3.8, 4) is 0 Å². The number of carbonyl (C=O) groups excluding carboxylic acids is 3. The van der Waals surface area contributed by atoms with E-state index in [1.807, 2.05) is 95.9 Å². The number of nitrogens with one attached hydrogen (secondary N) is 1. The fourth-order valence-corrected chi connectivity index (χ4v) is 5.26. The molecule has 0 bridgehead atoms.